The average Bonchev–Trinajstić information content (AvgIpc) is 2.41. The minimum absolute atomic E-state index is 0.0275. The summed E-state index contributed by atoms with van der Waals surface area (Å²) in [5.41, 5.74) is 0.487. The molecule has 0 radical (unpaired) electrons. The highest BCUT2D eigenvalue weighted by Crippen LogP contribution is 2.35. The van der Waals surface area contributed by atoms with Gasteiger partial charge in [-0.25, -0.2) is 17.6 Å². The molecule has 0 spiro atoms. The zero-order valence-corrected chi connectivity index (χ0v) is 10.0. The van der Waals surface area contributed by atoms with Crippen molar-refractivity contribution in [2.24, 2.45) is 0 Å². The minimum atomic E-state index is -1.00. The molecule has 1 aliphatic heterocycles. The van der Waals surface area contributed by atoms with Crippen LogP contribution in [-0.4, -0.2) is 0 Å². The first-order chi connectivity index (χ1) is 9.54. The van der Waals surface area contributed by atoms with Crippen molar-refractivity contribution < 1.29 is 22.3 Å². The molecule has 0 fully saturated rings. The van der Waals surface area contributed by atoms with E-state index in [2.05, 4.69) is 0 Å². The second kappa shape index (κ2) is 4.67. The quantitative estimate of drug-likeness (QED) is 0.704. The van der Waals surface area contributed by atoms with E-state index in [1.54, 1.807) is 0 Å². The van der Waals surface area contributed by atoms with Gasteiger partial charge in [-0.3, -0.25) is 0 Å². The fourth-order valence-corrected chi connectivity index (χ4v) is 2.05. The highest BCUT2D eigenvalue weighted by Gasteiger charge is 2.21. The van der Waals surface area contributed by atoms with E-state index in [0.717, 1.165) is 24.3 Å². The topological polar surface area (TPSA) is 9.23 Å². The van der Waals surface area contributed by atoms with Gasteiger partial charge in [0.05, 0.1) is 5.56 Å². The highest BCUT2D eigenvalue weighted by molar-refractivity contribution is 5.61. The first-order valence-electron chi connectivity index (χ1n) is 5.83. The van der Waals surface area contributed by atoms with Crippen LogP contribution in [0.15, 0.2) is 36.4 Å². The van der Waals surface area contributed by atoms with Crippen molar-refractivity contribution in [2.45, 2.75) is 6.10 Å². The molecule has 1 atom stereocenters. The van der Waals surface area contributed by atoms with Crippen molar-refractivity contribution in [3.8, 4) is 5.75 Å². The molecule has 0 saturated heterocycles. The largest absolute Gasteiger partial charge is 0.481 e. The third-order valence-electron chi connectivity index (χ3n) is 3.02. The van der Waals surface area contributed by atoms with Crippen LogP contribution in [0.3, 0.4) is 0 Å². The molecule has 20 heavy (non-hydrogen) atoms. The lowest BCUT2D eigenvalue weighted by Gasteiger charge is -2.22. The van der Waals surface area contributed by atoms with Gasteiger partial charge in [0.25, 0.3) is 0 Å². The van der Waals surface area contributed by atoms with Crippen LogP contribution in [0.1, 0.15) is 17.2 Å². The number of fused-ring (bicyclic) bond motifs is 1. The summed E-state index contributed by atoms with van der Waals surface area (Å²) < 4.78 is 58.1. The summed E-state index contributed by atoms with van der Waals surface area (Å²) in [7, 11) is 0. The van der Waals surface area contributed by atoms with E-state index in [0.29, 0.717) is 5.56 Å². The summed E-state index contributed by atoms with van der Waals surface area (Å²) in [6.45, 7) is 0. The van der Waals surface area contributed by atoms with Gasteiger partial charge in [-0.1, -0.05) is 6.07 Å². The molecular formula is C15H8F4O. The first-order valence-corrected chi connectivity index (χ1v) is 5.83. The Kier molecular flexibility index (Phi) is 2.97. The maximum absolute atomic E-state index is 13.5. The monoisotopic (exact) mass is 280 g/mol. The van der Waals surface area contributed by atoms with Gasteiger partial charge in [-0.05, 0) is 29.8 Å². The van der Waals surface area contributed by atoms with E-state index < -0.39 is 29.4 Å². The van der Waals surface area contributed by atoms with Crippen molar-refractivity contribution in [3.05, 3.63) is 70.8 Å². The van der Waals surface area contributed by atoms with Crippen molar-refractivity contribution in [2.75, 3.05) is 0 Å². The number of hydrogen-bond donors (Lipinski definition) is 0. The standard InChI is InChI=1S/C15H8F4O/c16-9-6-12(18)10-2-4-14(20-15(10)7-9)8-1-3-11(17)13(19)5-8/h1-7,14H/t14-/m1/s1. The highest BCUT2D eigenvalue weighted by atomic mass is 19.2. The Morgan fingerprint density at radius 3 is 2.40 bits per heavy atom. The van der Waals surface area contributed by atoms with E-state index >= 15 is 0 Å². The van der Waals surface area contributed by atoms with Crippen LogP contribution in [0, 0.1) is 23.3 Å². The number of hydrogen-bond acceptors (Lipinski definition) is 1. The van der Waals surface area contributed by atoms with Gasteiger partial charge in [0.15, 0.2) is 11.6 Å². The number of benzene rings is 2. The zero-order chi connectivity index (χ0) is 14.3. The second-order valence-corrected chi connectivity index (χ2v) is 4.37. The Labute approximate surface area is 112 Å². The predicted octanol–water partition coefficient (Wildman–Crippen LogP) is 4.39. The lowest BCUT2D eigenvalue weighted by molar-refractivity contribution is 0.248. The molecular weight excluding hydrogens is 272 g/mol. The van der Waals surface area contributed by atoms with E-state index in [9.17, 15) is 17.6 Å². The van der Waals surface area contributed by atoms with E-state index in [-0.39, 0.29) is 11.3 Å². The minimum Gasteiger partial charge on any atom is -0.481 e. The maximum atomic E-state index is 13.5. The van der Waals surface area contributed by atoms with Crippen LogP contribution < -0.4 is 4.74 Å². The molecule has 0 N–H and O–H groups in total. The molecule has 5 heteroatoms. The van der Waals surface area contributed by atoms with Crippen molar-refractivity contribution in [3.63, 3.8) is 0 Å². The van der Waals surface area contributed by atoms with Crippen LogP contribution in [0.4, 0.5) is 17.6 Å². The van der Waals surface area contributed by atoms with Gasteiger partial charge in [0.2, 0.25) is 0 Å². The molecule has 1 nitrogen and oxygen atoms in total. The summed E-state index contributed by atoms with van der Waals surface area (Å²) in [5.74, 6) is -3.44. The molecule has 0 saturated carbocycles. The SMILES string of the molecule is Fc1cc(F)c2c(c1)O[C@@H](c1ccc(F)c(F)c1)C=C2. The second-order valence-electron chi connectivity index (χ2n) is 4.37. The lowest BCUT2D eigenvalue weighted by atomic mass is 10.0. The van der Waals surface area contributed by atoms with E-state index in [4.69, 9.17) is 4.74 Å². The van der Waals surface area contributed by atoms with Gasteiger partial charge in [-0.2, -0.15) is 0 Å². The van der Waals surface area contributed by atoms with Gasteiger partial charge in [0, 0.05) is 12.1 Å². The fourth-order valence-electron chi connectivity index (χ4n) is 2.05. The zero-order valence-electron chi connectivity index (χ0n) is 10.0. The molecule has 1 heterocycles. The lowest BCUT2D eigenvalue weighted by Crippen LogP contribution is -2.10. The predicted molar refractivity (Wildman–Crippen MR) is 65.1 cm³/mol. The van der Waals surface area contributed by atoms with Crippen molar-refractivity contribution in [1.82, 2.24) is 0 Å². The van der Waals surface area contributed by atoms with Crippen LogP contribution in [0.2, 0.25) is 0 Å². The number of rotatable bonds is 1. The summed E-state index contributed by atoms with van der Waals surface area (Å²) >= 11 is 0. The Bertz CT molecular complexity index is 709. The van der Waals surface area contributed by atoms with Crippen molar-refractivity contribution >= 4 is 6.08 Å². The average molecular weight is 280 g/mol. The van der Waals surface area contributed by atoms with E-state index in [1.165, 1.54) is 18.2 Å². The third-order valence-corrected chi connectivity index (χ3v) is 3.02. The summed E-state index contributed by atoms with van der Waals surface area (Å²) in [6.07, 6.45) is 2.20. The summed E-state index contributed by atoms with van der Waals surface area (Å²) in [5, 5.41) is 0. The fraction of sp³-hybridized carbons (Fsp3) is 0.0667. The Morgan fingerprint density at radius 1 is 0.850 bits per heavy atom. The van der Waals surface area contributed by atoms with Crippen LogP contribution in [-0.2, 0) is 0 Å². The smallest absolute Gasteiger partial charge is 0.159 e. The molecule has 2 aromatic carbocycles. The Balaban J connectivity index is 1.98. The molecule has 0 aliphatic carbocycles. The molecule has 0 unspecified atom stereocenters. The molecule has 0 bridgehead atoms. The van der Waals surface area contributed by atoms with Crippen LogP contribution in [0.5, 0.6) is 5.75 Å². The van der Waals surface area contributed by atoms with E-state index in [1.807, 2.05) is 0 Å². The van der Waals surface area contributed by atoms with Crippen LogP contribution in [0.25, 0.3) is 6.08 Å². The molecule has 2 aromatic rings. The molecule has 0 amide bonds. The van der Waals surface area contributed by atoms with Gasteiger partial charge in [-0.15, -0.1) is 0 Å². The first kappa shape index (κ1) is 12.7. The normalized spacial score (nSPS) is 16.7. The Hall–Kier alpha value is -2.30. The summed E-state index contributed by atoms with van der Waals surface area (Å²) in [6, 6.07) is 5.13. The molecule has 102 valence electrons. The Morgan fingerprint density at radius 2 is 1.65 bits per heavy atom. The van der Waals surface area contributed by atoms with Crippen LogP contribution >= 0.6 is 0 Å². The summed E-state index contributed by atoms with van der Waals surface area (Å²) in [4.78, 5) is 0. The van der Waals surface area contributed by atoms with Gasteiger partial charge in [0.1, 0.15) is 23.5 Å². The molecule has 3 rings (SSSR count). The third kappa shape index (κ3) is 2.15. The molecule has 0 aromatic heterocycles. The maximum Gasteiger partial charge on any atom is 0.159 e. The molecule has 1 aliphatic rings. The van der Waals surface area contributed by atoms with Gasteiger partial charge >= 0.3 is 0 Å². The van der Waals surface area contributed by atoms with Crippen molar-refractivity contribution in [1.29, 1.82) is 0 Å². The van der Waals surface area contributed by atoms with Gasteiger partial charge < -0.3 is 4.74 Å². The number of ether oxygens (including phenoxy) is 1. The number of halogens is 4.